The Morgan fingerprint density at radius 3 is 2.30 bits per heavy atom. The Kier molecular flexibility index (Phi) is 7.96. The number of ether oxygens (including phenoxy) is 5. The topological polar surface area (TPSA) is 66.4 Å². The van der Waals surface area contributed by atoms with Crippen molar-refractivity contribution in [1.29, 1.82) is 0 Å². The zero-order valence-electron chi connectivity index (χ0n) is 18.1. The fourth-order valence-electron chi connectivity index (χ4n) is 4.09. The van der Waals surface area contributed by atoms with Crippen molar-refractivity contribution >= 4 is 0 Å². The normalized spacial score (nSPS) is 20.3. The van der Waals surface area contributed by atoms with Crippen LogP contribution in [0.1, 0.15) is 43.2 Å². The van der Waals surface area contributed by atoms with E-state index in [1.807, 2.05) is 24.3 Å². The van der Waals surface area contributed by atoms with E-state index in [4.69, 9.17) is 23.7 Å². The van der Waals surface area contributed by atoms with Gasteiger partial charge in [0.05, 0.1) is 6.61 Å². The van der Waals surface area contributed by atoms with Crippen LogP contribution in [-0.4, -0.2) is 46.1 Å². The number of unbranched alkanes of at least 4 members (excludes halogenated alkanes) is 1. The van der Waals surface area contributed by atoms with Gasteiger partial charge in [-0.15, -0.1) is 0 Å². The molecule has 0 radical (unpaired) electrons. The van der Waals surface area contributed by atoms with Gasteiger partial charge in [-0.1, -0.05) is 31.5 Å². The SMILES string of the molecule is COCOc1ccc([C@@]2(C)COc3cc(OCOC)ccc3[C@H]2CCCCO)cc1. The van der Waals surface area contributed by atoms with Crippen LogP contribution in [-0.2, 0) is 14.9 Å². The van der Waals surface area contributed by atoms with Crippen molar-refractivity contribution in [3.63, 3.8) is 0 Å². The number of aliphatic hydroxyl groups excluding tert-OH is 1. The van der Waals surface area contributed by atoms with Crippen molar-refractivity contribution in [2.24, 2.45) is 0 Å². The molecule has 0 aromatic heterocycles. The first-order valence-electron chi connectivity index (χ1n) is 10.3. The summed E-state index contributed by atoms with van der Waals surface area (Å²) in [6.45, 7) is 3.45. The molecule has 2 aromatic carbocycles. The van der Waals surface area contributed by atoms with Gasteiger partial charge in [0.15, 0.2) is 13.6 Å². The number of aliphatic hydroxyl groups is 1. The highest BCUT2D eigenvalue weighted by Crippen LogP contribution is 2.49. The highest BCUT2D eigenvalue weighted by atomic mass is 16.7. The fraction of sp³-hybridized carbons (Fsp3) is 0.500. The van der Waals surface area contributed by atoms with Gasteiger partial charge in [-0.3, -0.25) is 0 Å². The first-order chi connectivity index (χ1) is 14.6. The van der Waals surface area contributed by atoms with Gasteiger partial charge in [0, 0.05) is 38.2 Å². The zero-order valence-corrected chi connectivity index (χ0v) is 18.1. The van der Waals surface area contributed by atoms with Gasteiger partial charge in [0.1, 0.15) is 17.2 Å². The predicted octanol–water partition coefficient (Wildman–Crippen LogP) is 4.25. The first-order valence-corrected chi connectivity index (χ1v) is 10.3. The van der Waals surface area contributed by atoms with Crippen LogP contribution in [0.25, 0.3) is 0 Å². The van der Waals surface area contributed by atoms with Crippen molar-refractivity contribution in [3.05, 3.63) is 53.6 Å². The van der Waals surface area contributed by atoms with Crippen LogP contribution in [0.4, 0.5) is 0 Å². The van der Waals surface area contributed by atoms with Gasteiger partial charge in [-0.05, 0) is 42.2 Å². The molecule has 164 valence electrons. The molecule has 0 amide bonds. The highest BCUT2D eigenvalue weighted by Gasteiger charge is 2.42. The van der Waals surface area contributed by atoms with Crippen LogP contribution < -0.4 is 14.2 Å². The van der Waals surface area contributed by atoms with Crippen molar-refractivity contribution < 1.29 is 28.8 Å². The minimum absolute atomic E-state index is 0.197. The lowest BCUT2D eigenvalue weighted by Crippen LogP contribution is -2.40. The summed E-state index contributed by atoms with van der Waals surface area (Å²) < 4.78 is 27.3. The molecule has 1 aliphatic heterocycles. The molecule has 2 aromatic rings. The van der Waals surface area contributed by atoms with E-state index in [0.717, 1.165) is 36.5 Å². The van der Waals surface area contributed by atoms with Gasteiger partial charge in [0.25, 0.3) is 0 Å². The van der Waals surface area contributed by atoms with Gasteiger partial charge in [-0.2, -0.15) is 0 Å². The lowest BCUT2D eigenvalue weighted by atomic mass is 9.66. The number of hydrogen-bond donors (Lipinski definition) is 1. The number of benzene rings is 2. The van der Waals surface area contributed by atoms with Crippen LogP contribution in [0.5, 0.6) is 17.2 Å². The van der Waals surface area contributed by atoms with Crippen molar-refractivity contribution in [2.45, 2.75) is 37.5 Å². The van der Waals surface area contributed by atoms with Crippen LogP contribution in [0.3, 0.4) is 0 Å². The van der Waals surface area contributed by atoms with Crippen molar-refractivity contribution in [2.75, 3.05) is 41.0 Å². The van der Waals surface area contributed by atoms with E-state index in [1.54, 1.807) is 14.2 Å². The summed E-state index contributed by atoms with van der Waals surface area (Å²) in [5.74, 6) is 2.62. The molecule has 0 spiro atoms. The maximum Gasteiger partial charge on any atom is 0.188 e. The highest BCUT2D eigenvalue weighted by molar-refractivity contribution is 5.48. The third-order valence-electron chi connectivity index (χ3n) is 5.76. The summed E-state index contributed by atoms with van der Waals surface area (Å²) in [6, 6.07) is 14.2. The molecule has 6 nitrogen and oxygen atoms in total. The molecule has 6 heteroatoms. The van der Waals surface area contributed by atoms with Crippen molar-refractivity contribution in [1.82, 2.24) is 0 Å². The zero-order chi connectivity index (χ0) is 21.4. The Labute approximate surface area is 178 Å². The molecule has 0 saturated heterocycles. The molecule has 1 N–H and O–H groups in total. The van der Waals surface area contributed by atoms with Crippen LogP contribution in [0.2, 0.25) is 0 Å². The lowest BCUT2D eigenvalue weighted by molar-refractivity contribution is 0.0505. The van der Waals surface area contributed by atoms with E-state index >= 15 is 0 Å². The monoisotopic (exact) mass is 416 g/mol. The average molecular weight is 417 g/mol. The minimum atomic E-state index is -0.197. The van der Waals surface area contributed by atoms with Gasteiger partial charge >= 0.3 is 0 Å². The van der Waals surface area contributed by atoms with E-state index in [-0.39, 0.29) is 31.5 Å². The third kappa shape index (κ3) is 5.06. The standard InChI is InChI=1S/C24H32O6/c1-24(18-7-9-19(10-8-18)29-16-26-2)15-28-23-14-20(30-17-27-3)11-12-21(23)22(24)6-4-5-13-25/h7-12,14,22,25H,4-6,13,15-17H2,1-3H3/t22-,24-/m1/s1. The van der Waals surface area contributed by atoms with Gasteiger partial charge < -0.3 is 28.8 Å². The maximum absolute atomic E-state index is 9.28. The van der Waals surface area contributed by atoms with E-state index < -0.39 is 0 Å². The van der Waals surface area contributed by atoms with Crippen LogP contribution in [0.15, 0.2) is 42.5 Å². The van der Waals surface area contributed by atoms with Gasteiger partial charge in [0.2, 0.25) is 0 Å². The Bertz CT molecular complexity index is 791. The molecule has 0 unspecified atom stereocenters. The maximum atomic E-state index is 9.28. The molecule has 1 aliphatic rings. The second kappa shape index (κ2) is 10.7. The quantitative estimate of drug-likeness (QED) is 0.436. The van der Waals surface area contributed by atoms with Crippen LogP contribution in [0, 0.1) is 0 Å². The van der Waals surface area contributed by atoms with Crippen molar-refractivity contribution in [3.8, 4) is 17.2 Å². The van der Waals surface area contributed by atoms with E-state index in [1.165, 1.54) is 11.1 Å². The number of hydrogen-bond acceptors (Lipinski definition) is 6. The fourth-order valence-corrected chi connectivity index (χ4v) is 4.09. The number of fused-ring (bicyclic) bond motifs is 1. The van der Waals surface area contributed by atoms with Gasteiger partial charge in [-0.25, -0.2) is 0 Å². The molecule has 1 heterocycles. The second-order valence-corrected chi connectivity index (χ2v) is 7.80. The summed E-state index contributed by atoms with van der Waals surface area (Å²) in [7, 11) is 3.21. The predicted molar refractivity (Wildman–Crippen MR) is 114 cm³/mol. The number of methoxy groups -OCH3 is 2. The van der Waals surface area contributed by atoms with E-state index in [0.29, 0.717) is 6.61 Å². The molecular weight excluding hydrogens is 384 g/mol. The minimum Gasteiger partial charge on any atom is -0.492 e. The Morgan fingerprint density at radius 1 is 0.967 bits per heavy atom. The first kappa shape index (κ1) is 22.4. The van der Waals surface area contributed by atoms with E-state index in [9.17, 15) is 5.11 Å². The molecule has 3 rings (SSSR count). The number of rotatable bonds is 11. The summed E-state index contributed by atoms with van der Waals surface area (Å²) in [5, 5.41) is 9.28. The Morgan fingerprint density at radius 2 is 1.63 bits per heavy atom. The smallest absolute Gasteiger partial charge is 0.188 e. The Hall–Kier alpha value is -2.28. The molecule has 0 saturated carbocycles. The summed E-state index contributed by atoms with van der Waals surface area (Å²) in [5.41, 5.74) is 2.18. The molecule has 30 heavy (non-hydrogen) atoms. The molecule has 0 aliphatic carbocycles. The average Bonchev–Trinajstić information content (AvgIpc) is 2.78. The summed E-state index contributed by atoms with van der Waals surface area (Å²) >= 11 is 0. The molecule has 2 atom stereocenters. The summed E-state index contributed by atoms with van der Waals surface area (Å²) in [4.78, 5) is 0. The Balaban J connectivity index is 1.89. The molecular formula is C24H32O6. The second-order valence-electron chi connectivity index (χ2n) is 7.80. The lowest BCUT2D eigenvalue weighted by Gasteiger charge is -2.43. The molecule has 0 fully saturated rings. The van der Waals surface area contributed by atoms with Crippen LogP contribution >= 0.6 is 0 Å². The third-order valence-corrected chi connectivity index (χ3v) is 5.76. The molecule has 0 bridgehead atoms. The van der Waals surface area contributed by atoms with E-state index in [2.05, 4.69) is 25.1 Å². The summed E-state index contributed by atoms with van der Waals surface area (Å²) in [6.07, 6.45) is 2.71. The largest absolute Gasteiger partial charge is 0.492 e.